The number of halogens is 1. The Morgan fingerprint density at radius 1 is 1.00 bits per heavy atom. The van der Waals surface area contributed by atoms with E-state index in [9.17, 15) is 0 Å². The summed E-state index contributed by atoms with van der Waals surface area (Å²) in [5.74, 6) is 0. The molecule has 0 heterocycles. The van der Waals surface area contributed by atoms with E-state index in [-0.39, 0.29) is 0 Å². The maximum atomic E-state index is 3.50. The molecule has 0 aliphatic carbocycles. The van der Waals surface area contributed by atoms with Crippen LogP contribution in [0.3, 0.4) is 0 Å². The predicted octanol–water partition coefficient (Wildman–Crippen LogP) is 4.49. The highest BCUT2D eigenvalue weighted by Crippen LogP contribution is 2.15. The van der Waals surface area contributed by atoms with Crippen molar-refractivity contribution in [3.8, 4) is 0 Å². The van der Waals surface area contributed by atoms with Gasteiger partial charge in [0.25, 0.3) is 0 Å². The van der Waals surface area contributed by atoms with E-state index < -0.39 is 0 Å². The lowest BCUT2D eigenvalue weighted by atomic mass is 10.1. The van der Waals surface area contributed by atoms with Gasteiger partial charge in [0.2, 0.25) is 0 Å². The first kappa shape index (κ1) is 12.2. The highest BCUT2D eigenvalue weighted by Gasteiger charge is 2.02. The third kappa shape index (κ3) is 3.90. The molecular weight excluding hydrogens is 274 g/mol. The lowest BCUT2D eigenvalue weighted by molar-refractivity contribution is 0.790. The molecule has 2 aromatic carbocycles. The zero-order valence-electron chi connectivity index (χ0n) is 9.86. The first-order chi connectivity index (χ1) is 8.24. The van der Waals surface area contributed by atoms with Gasteiger partial charge in [-0.25, -0.2) is 0 Å². The number of hydrogen-bond donors (Lipinski definition) is 1. The summed E-state index contributed by atoms with van der Waals surface area (Å²) in [5.41, 5.74) is 2.53. The van der Waals surface area contributed by atoms with Gasteiger partial charge in [0.05, 0.1) is 0 Å². The highest BCUT2D eigenvalue weighted by atomic mass is 79.9. The van der Waals surface area contributed by atoms with Crippen LogP contribution in [-0.4, -0.2) is 6.04 Å². The minimum absolute atomic E-state index is 0.429. The first-order valence-electron chi connectivity index (χ1n) is 5.80. The number of nitrogens with one attached hydrogen (secondary N) is 1. The highest BCUT2D eigenvalue weighted by molar-refractivity contribution is 9.10. The number of anilines is 1. The second-order valence-electron chi connectivity index (χ2n) is 4.24. The Kier molecular flexibility index (Phi) is 4.21. The van der Waals surface area contributed by atoms with Gasteiger partial charge >= 0.3 is 0 Å². The van der Waals surface area contributed by atoms with Gasteiger partial charge in [0, 0.05) is 16.2 Å². The van der Waals surface area contributed by atoms with E-state index in [1.807, 2.05) is 0 Å². The van der Waals surface area contributed by atoms with Crippen LogP contribution in [-0.2, 0) is 6.42 Å². The predicted molar refractivity (Wildman–Crippen MR) is 77.4 cm³/mol. The molecule has 1 atom stereocenters. The summed E-state index contributed by atoms with van der Waals surface area (Å²) in [5, 5.41) is 3.50. The van der Waals surface area contributed by atoms with Crippen molar-refractivity contribution in [2.24, 2.45) is 0 Å². The average molecular weight is 290 g/mol. The Labute approximate surface area is 111 Å². The fourth-order valence-electron chi connectivity index (χ4n) is 1.85. The summed E-state index contributed by atoms with van der Waals surface area (Å²) in [6.45, 7) is 2.20. The van der Waals surface area contributed by atoms with Gasteiger partial charge in [-0.2, -0.15) is 0 Å². The molecule has 1 nitrogen and oxygen atoms in total. The minimum Gasteiger partial charge on any atom is -0.382 e. The zero-order chi connectivity index (χ0) is 12.1. The quantitative estimate of drug-likeness (QED) is 0.874. The minimum atomic E-state index is 0.429. The molecule has 0 radical (unpaired) electrons. The van der Waals surface area contributed by atoms with Crippen LogP contribution >= 0.6 is 15.9 Å². The topological polar surface area (TPSA) is 12.0 Å². The third-order valence-corrected chi connectivity index (χ3v) is 3.17. The van der Waals surface area contributed by atoms with Crippen molar-refractivity contribution in [3.05, 3.63) is 64.6 Å². The molecule has 0 aliphatic heterocycles. The fourth-order valence-corrected chi connectivity index (χ4v) is 2.11. The van der Waals surface area contributed by atoms with Crippen LogP contribution in [0.5, 0.6) is 0 Å². The molecule has 0 aromatic heterocycles. The van der Waals surface area contributed by atoms with Crippen LogP contribution in [0, 0.1) is 0 Å². The summed E-state index contributed by atoms with van der Waals surface area (Å²) < 4.78 is 1.11. The van der Waals surface area contributed by atoms with Crippen molar-refractivity contribution in [1.29, 1.82) is 0 Å². The van der Waals surface area contributed by atoms with Gasteiger partial charge in [-0.05, 0) is 43.2 Å². The number of rotatable bonds is 4. The summed E-state index contributed by atoms with van der Waals surface area (Å²) >= 11 is 3.44. The van der Waals surface area contributed by atoms with Crippen LogP contribution in [0.2, 0.25) is 0 Å². The third-order valence-electron chi connectivity index (χ3n) is 2.64. The molecule has 17 heavy (non-hydrogen) atoms. The van der Waals surface area contributed by atoms with Crippen LogP contribution < -0.4 is 5.32 Å². The lowest BCUT2D eigenvalue weighted by Crippen LogP contribution is -2.17. The molecule has 0 amide bonds. The largest absolute Gasteiger partial charge is 0.382 e. The molecule has 0 bridgehead atoms. The van der Waals surface area contributed by atoms with E-state index in [1.54, 1.807) is 0 Å². The standard InChI is InChI=1S/C15H16BrN/c1-12(11-13-5-3-2-4-6-13)17-15-9-7-14(16)8-10-15/h2-10,12,17H,11H2,1H3. The Balaban J connectivity index is 1.93. The molecule has 88 valence electrons. The van der Waals surface area contributed by atoms with Gasteiger partial charge in [-0.15, -0.1) is 0 Å². The fraction of sp³-hybridized carbons (Fsp3) is 0.200. The maximum Gasteiger partial charge on any atom is 0.0343 e. The number of hydrogen-bond acceptors (Lipinski definition) is 1. The maximum absolute atomic E-state index is 3.50. The van der Waals surface area contributed by atoms with Crippen LogP contribution in [0.25, 0.3) is 0 Å². The van der Waals surface area contributed by atoms with Crippen molar-refractivity contribution >= 4 is 21.6 Å². The second-order valence-corrected chi connectivity index (χ2v) is 5.16. The average Bonchev–Trinajstić information content (AvgIpc) is 2.33. The monoisotopic (exact) mass is 289 g/mol. The van der Waals surface area contributed by atoms with Gasteiger partial charge in [-0.1, -0.05) is 46.3 Å². The van der Waals surface area contributed by atoms with E-state index >= 15 is 0 Å². The van der Waals surface area contributed by atoms with Crippen molar-refractivity contribution < 1.29 is 0 Å². The smallest absolute Gasteiger partial charge is 0.0343 e. The molecule has 0 saturated heterocycles. The van der Waals surface area contributed by atoms with Gasteiger partial charge in [0.1, 0.15) is 0 Å². The summed E-state index contributed by atoms with van der Waals surface area (Å²) in [7, 11) is 0. The molecule has 0 aliphatic rings. The van der Waals surface area contributed by atoms with E-state index in [1.165, 1.54) is 5.56 Å². The van der Waals surface area contributed by atoms with E-state index in [0.29, 0.717) is 6.04 Å². The van der Waals surface area contributed by atoms with Crippen molar-refractivity contribution in [2.75, 3.05) is 5.32 Å². The lowest BCUT2D eigenvalue weighted by Gasteiger charge is -2.15. The number of benzene rings is 2. The first-order valence-corrected chi connectivity index (χ1v) is 6.59. The molecule has 1 unspecified atom stereocenters. The van der Waals surface area contributed by atoms with Gasteiger partial charge in [-0.3, -0.25) is 0 Å². The van der Waals surface area contributed by atoms with E-state index in [4.69, 9.17) is 0 Å². The van der Waals surface area contributed by atoms with E-state index in [2.05, 4.69) is 82.8 Å². The Morgan fingerprint density at radius 2 is 1.65 bits per heavy atom. The van der Waals surface area contributed by atoms with Crippen molar-refractivity contribution in [1.82, 2.24) is 0 Å². The van der Waals surface area contributed by atoms with Gasteiger partial charge < -0.3 is 5.32 Å². The molecule has 2 aromatic rings. The van der Waals surface area contributed by atoms with Crippen LogP contribution in [0.15, 0.2) is 59.1 Å². The molecule has 2 heteroatoms. The molecule has 0 saturated carbocycles. The summed E-state index contributed by atoms with van der Waals surface area (Å²) in [6, 6.07) is 19.3. The van der Waals surface area contributed by atoms with Crippen LogP contribution in [0.1, 0.15) is 12.5 Å². The molecule has 2 rings (SSSR count). The second kappa shape index (κ2) is 5.87. The summed E-state index contributed by atoms with van der Waals surface area (Å²) in [6.07, 6.45) is 1.04. The molecular formula is C15H16BrN. The van der Waals surface area contributed by atoms with Crippen LogP contribution in [0.4, 0.5) is 5.69 Å². The zero-order valence-corrected chi connectivity index (χ0v) is 11.4. The van der Waals surface area contributed by atoms with Crippen molar-refractivity contribution in [3.63, 3.8) is 0 Å². The van der Waals surface area contributed by atoms with Crippen molar-refractivity contribution in [2.45, 2.75) is 19.4 Å². The summed E-state index contributed by atoms with van der Waals surface area (Å²) in [4.78, 5) is 0. The van der Waals surface area contributed by atoms with Gasteiger partial charge in [0.15, 0.2) is 0 Å². The molecule has 0 spiro atoms. The molecule has 1 N–H and O–H groups in total. The Morgan fingerprint density at radius 3 is 2.29 bits per heavy atom. The molecule has 0 fully saturated rings. The normalized spacial score (nSPS) is 12.1. The van der Waals surface area contributed by atoms with E-state index in [0.717, 1.165) is 16.6 Å². The Hall–Kier alpha value is -1.28. The Bertz CT molecular complexity index is 450. The SMILES string of the molecule is CC(Cc1ccccc1)Nc1ccc(Br)cc1.